The van der Waals surface area contributed by atoms with E-state index in [2.05, 4.69) is 17.4 Å². The van der Waals surface area contributed by atoms with Gasteiger partial charge in [0, 0.05) is 35.2 Å². The van der Waals surface area contributed by atoms with Gasteiger partial charge < -0.3 is 14.5 Å². The monoisotopic (exact) mass is 335 g/mol. The van der Waals surface area contributed by atoms with E-state index in [0.717, 1.165) is 44.5 Å². The predicted octanol–water partition coefficient (Wildman–Crippen LogP) is 4.57. The van der Waals surface area contributed by atoms with E-state index < -0.39 is 0 Å². The van der Waals surface area contributed by atoms with Crippen molar-refractivity contribution in [1.82, 2.24) is 5.32 Å². The molecule has 1 amide bonds. The fraction of sp³-hybridized carbons (Fsp3) is 0.190. The largest absolute Gasteiger partial charge is 0.496 e. The van der Waals surface area contributed by atoms with Crippen molar-refractivity contribution in [2.75, 3.05) is 14.2 Å². The maximum absolute atomic E-state index is 11.7. The number of nitrogens with one attached hydrogen (secondary N) is 1. The summed E-state index contributed by atoms with van der Waals surface area (Å²) >= 11 is 0. The molecule has 4 heteroatoms. The molecule has 128 valence electrons. The molecular formula is C21H21NO3. The predicted molar refractivity (Wildman–Crippen MR) is 101 cm³/mol. The van der Waals surface area contributed by atoms with Gasteiger partial charge in [-0.05, 0) is 31.1 Å². The van der Waals surface area contributed by atoms with Crippen LogP contribution in [0.25, 0.3) is 27.7 Å². The SMILES string of the molecule is CNC(=O)/C=C(\C)c1cc2c(-c3ccccc3)coc2c(C)c1OC. The normalized spacial score (nSPS) is 11.6. The summed E-state index contributed by atoms with van der Waals surface area (Å²) in [5, 5.41) is 3.62. The highest BCUT2D eigenvalue weighted by atomic mass is 16.5. The number of furan rings is 1. The van der Waals surface area contributed by atoms with Crippen LogP contribution in [0.4, 0.5) is 0 Å². The first-order chi connectivity index (χ1) is 12.1. The Bertz CT molecular complexity index is 952. The van der Waals surface area contributed by atoms with Gasteiger partial charge in [-0.25, -0.2) is 0 Å². The lowest BCUT2D eigenvalue weighted by Crippen LogP contribution is -2.14. The van der Waals surface area contributed by atoms with Crippen LogP contribution >= 0.6 is 0 Å². The molecule has 1 N–H and O–H groups in total. The van der Waals surface area contributed by atoms with Gasteiger partial charge >= 0.3 is 0 Å². The molecule has 0 aliphatic rings. The fourth-order valence-corrected chi connectivity index (χ4v) is 3.06. The van der Waals surface area contributed by atoms with Crippen LogP contribution in [0.2, 0.25) is 0 Å². The summed E-state index contributed by atoms with van der Waals surface area (Å²) in [6, 6.07) is 12.1. The fourth-order valence-electron chi connectivity index (χ4n) is 3.06. The number of carbonyl (C=O) groups is 1. The third-order valence-corrected chi connectivity index (χ3v) is 4.35. The molecule has 1 heterocycles. The number of carbonyl (C=O) groups excluding carboxylic acids is 1. The second kappa shape index (κ2) is 6.85. The van der Waals surface area contributed by atoms with Crippen molar-refractivity contribution >= 4 is 22.4 Å². The number of amides is 1. The van der Waals surface area contributed by atoms with E-state index >= 15 is 0 Å². The van der Waals surface area contributed by atoms with Crippen LogP contribution in [-0.4, -0.2) is 20.1 Å². The Morgan fingerprint density at radius 2 is 1.96 bits per heavy atom. The summed E-state index contributed by atoms with van der Waals surface area (Å²) in [7, 11) is 3.24. The van der Waals surface area contributed by atoms with Crippen molar-refractivity contribution in [2.45, 2.75) is 13.8 Å². The van der Waals surface area contributed by atoms with E-state index in [9.17, 15) is 4.79 Å². The second-order valence-electron chi connectivity index (χ2n) is 5.92. The Morgan fingerprint density at radius 3 is 2.60 bits per heavy atom. The zero-order chi connectivity index (χ0) is 18.0. The van der Waals surface area contributed by atoms with Gasteiger partial charge in [0.25, 0.3) is 0 Å². The van der Waals surface area contributed by atoms with Gasteiger partial charge in [0.15, 0.2) is 0 Å². The van der Waals surface area contributed by atoms with Crippen molar-refractivity contribution < 1.29 is 13.9 Å². The molecule has 0 fully saturated rings. The van der Waals surface area contributed by atoms with Crippen LogP contribution in [0.15, 0.2) is 53.2 Å². The van der Waals surface area contributed by atoms with Gasteiger partial charge in [-0.15, -0.1) is 0 Å². The molecule has 2 aromatic carbocycles. The van der Waals surface area contributed by atoms with Crippen LogP contribution < -0.4 is 10.1 Å². The number of allylic oxidation sites excluding steroid dienone is 1. The highest BCUT2D eigenvalue weighted by Crippen LogP contribution is 2.40. The molecule has 0 spiro atoms. The molecule has 0 bridgehead atoms. The Labute approximate surface area is 147 Å². The van der Waals surface area contributed by atoms with E-state index in [0.29, 0.717) is 0 Å². The highest BCUT2D eigenvalue weighted by Gasteiger charge is 2.18. The molecule has 1 aromatic heterocycles. The number of rotatable bonds is 4. The minimum atomic E-state index is -0.146. The highest BCUT2D eigenvalue weighted by molar-refractivity contribution is 6.01. The minimum Gasteiger partial charge on any atom is -0.496 e. The first kappa shape index (κ1) is 16.8. The lowest BCUT2D eigenvalue weighted by molar-refractivity contribution is -0.116. The van der Waals surface area contributed by atoms with E-state index in [1.165, 1.54) is 0 Å². The average molecular weight is 335 g/mol. The molecule has 4 nitrogen and oxygen atoms in total. The Balaban J connectivity index is 2.27. The van der Waals surface area contributed by atoms with Gasteiger partial charge in [0.1, 0.15) is 11.3 Å². The molecule has 0 unspecified atom stereocenters. The quantitative estimate of drug-likeness (QED) is 0.711. The summed E-state index contributed by atoms with van der Waals surface area (Å²) in [4.78, 5) is 11.7. The number of aryl methyl sites for hydroxylation is 1. The van der Waals surface area contributed by atoms with Gasteiger partial charge in [-0.2, -0.15) is 0 Å². The molecule has 0 saturated carbocycles. The van der Waals surface area contributed by atoms with Crippen molar-refractivity contribution in [1.29, 1.82) is 0 Å². The van der Waals surface area contributed by atoms with E-state index in [-0.39, 0.29) is 5.91 Å². The topological polar surface area (TPSA) is 51.5 Å². The molecule has 25 heavy (non-hydrogen) atoms. The number of likely N-dealkylation sites (N-methyl/N-ethyl adjacent to an activating group) is 1. The van der Waals surface area contributed by atoms with Crippen molar-refractivity contribution in [3.8, 4) is 16.9 Å². The summed E-state index contributed by atoms with van der Waals surface area (Å²) in [5.74, 6) is 0.576. The summed E-state index contributed by atoms with van der Waals surface area (Å²) in [5.41, 5.74) is 5.55. The maximum atomic E-state index is 11.7. The van der Waals surface area contributed by atoms with Gasteiger partial charge in [0.2, 0.25) is 5.91 Å². The van der Waals surface area contributed by atoms with E-state index in [1.54, 1.807) is 26.5 Å². The third-order valence-electron chi connectivity index (χ3n) is 4.35. The molecular weight excluding hydrogens is 314 g/mol. The number of methoxy groups -OCH3 is 1. The van der Waals surface area contributed by atoms with Crippen LogP contribution in [-0.2, 0) is 4.79 Å². The summed E-state index contributed by atoms with van der Waals surface area (Å²) < 4.78 is 11.4. The standard InChI is InChI=1S/C21H21NO3/c1-13(10-19(23)22-3)16-11-17-18(15-8-6-5-7-9-15)12-25-21(17)14(2)20(16)24-4/h5-12H,1-4H3,(H,22,23)/b13-10+. The third kappa shape index (κ3) is 3.03. The minimum absolute atomic E-state index is 0.146. The van der Waals surface area contributed by atoms with E-state index in [1.807, 2.05) is 38.1 Å². The first-order valence-electron chi connectivity index (χ1n) is 8.11. The number of hydrogen-bond acceptors (Lipinski definition) is 3. The van der Waals surface area contributed by atoms with Crippen LogP contribution in [0, 0.1) is 6.92 Å². The molecule has 0 atom stereocenters. The first-order valence-corrected chi connectivity index (χ1v) is 8.11. The van der Waals surface area contributed by atoms with Crippen molar-refractivity contribution in [2.24, 2.45) is 0 Å². The second-order valence-corrected chi connectivity index (χ2v) is 5.92. The van der Waals surface area contributed by atoms with Crippen LogP contribution in [0.3, 0.4) is 0 Å². The number of fused-ring (bicyclic) bond motifs is 1. The Morgan fingerprint density at radius 1 is 1.24 bits per heavy atom. The summed E-state index contributed by atoms with van der Waals surface area (Å²) in [6.45, 7) is 3.87. The van der Waals surface area contributed by atoms with Crippen molar-refractivity contribution in [3.63, 3.8) is 0 Å². The van der Waals surface area contributed by atoms with Crippen LogP contribution in [0.1, 0.15) is 18.1 Å². The van der Waals surface area contributed by atoms with Crippen LogP contribution in [0.5, 0.6) is 5.75 Å². The lowest BCUT2D eigenvalue weighted by atomic mass is 9.96. The Kier molecular flexibility index (Phi) is 4.61. The number of benzene rings is 2. The molecule has 3 aromatic rings. The van der Waals surface area contributed by atoms with Crippen molar-refractivity contribution in [3.05, 3.63) is 59.9 Å². The molecule has 0 saturated heterocycles. The lowest BCUT2D eigenvalue weighted by Gasteiger charge is -2.13. The zero-order valence-electron chi connectivity index (χ0n) is 14.8. The Hall–Kier alpha value is -3.01. The van der Waals surface area contributed by atoms with Gasteiger partial charge in [-0.1, -0.05) is 30.3 Å². The zero-order valence-corrected chi connectivity index (χ0v) is 14.8. The van der Waals surface area contributed by atoms with Gasteiger partial charge in [-0.3, -0.25) is 4.79 Å². The molecule has 0 aliphatic heterocycles. The molecule has 0 aliphatic carbocycles. The number of ether oxygens (including phenoxy) is 1. The van der Waals surface area contributed by atoms with E-state index in [4.69, 9.17) is 9.15 Å². The summed E-state index contributed by atoms with van der Waals surface area (Å²) in [6.07, 6.45) is 3.35. The maximum Gasteiger partial charge on any atom is 0.244 e. The molecule has 0 radical (unpaired) electrons. The smallest absolute Gasteiger partial charge is 0.244 e. The molecule has 3 rings (SSSR count). The number of hydrogen-bond donors (Lipinski definition) is 1. The average Bonchev–Trinajstić information content (AvgIpc) is 3.06. The van der Waals surface area contributed by atoms with Gasteiger partial charge in [0.05, 0.1) is 13.4 Å².